The zero-order chi connectivity index (χ0) is 35.5. The zero-order valence-electron chi connectivity index (χ0n) is 31.0. The number of hydrogen-bond donors (Lipinski definition) is 1. The lowest BCUT2D eigenvalue weighted by atomic mass is 9.51. The molecule has 0 atom stereocenters. The maximum atomic E-state index is 14.7. The quantitative estimate of drug-likeness (QED) is 0.200. The Bertz CT molecular complexity index is 1630. The molecule has 2 amide bonds. The molecule has 3 aromatic rings. The van der Waals surface area contributed by atoms with Crippen molar-refractivity contribution in [1.82, 2.24) is 15.3 Å². The monoisotopic (exact) mass is 700 g/mol. The van der Waals surface area contributed by atoms with Gasteiger partial charge in [0.25, 0.3) is 0 Å². The Morgan fingerprint density at radius 2 is 1.72 bits per heavy atom. The molecular formula is C41H56N4O4S. The molecule has 1 N–H and O–H groups in total. The Morgan fingerprint density at radius 3 is 2.34 bits per heavy atom. The molecule has 2 bridgehead atoms. The summed E-state index contributed by atoms with van der Waals surface area (Å²) in [5, 5.41) is 3.95. The van der Waals surface area contributed by atoms with Crippen molar-refractivity contribution in [3.63, 3.8) is 0 Å². The van der Waals surface area contributed by atoms with E-state index in [2.05, 4.69) is 64.2 Å². The molecule has 8 nitrogen and oxygen atoms in total. The number of unbranched alkanes of at least 4 members (excludes halogenated alkanes) is 1. The van der Waals surface area contributed by atoms with Gasteiger partial charge >= 0.3 is 6.09 Å². The van der Waals surface area contributed by atoms with Crippen LogP contribution >= 0.6 is 11.3 Å². The molecule has 9 heteroatoms. The van der Waals surface area contributed by atoms with Crippen LogP contribution in [0.5, 0.6) is 5.75 Å². The number of pyridine rings is 1. The summed E-state index contributed by atoms with van der Waals surface area (Å²) in [6, 6.07) is 10.9. The first-order valence-electron chi connectivity index (χ1n) is 18.8. The van der Waals surface area contributed by atoms with Crippen LogP contribution < -0.4 is 15.0 Å². The molecule has 0 aliphatic heterocycles. The average molecular weight is 701 g/mol. The van der Waals surface area contributed by atoms with Gasteiger partial charge in [0.1, 0.15) is 17.7 Å². The molecule has 0 saturated heterocycles. The molecule has 1 aromatic carbocycles. The van der Waals surface area contributed by atoms with Crippen LogP contribution in [0, 0.1) is 18.3 Å². The van der Waals surface area contributed by atoms with Gasteiger partial charge in [-0.15, -0.1) is 11.3 Å². The largest absolute Gasteiger partial charge is 0.496 e. The van der Waals surface area contributed by atoms with Crippen molar-refractivity contribution in [3.8, 4) is 16.2 Å². The van der Waals surface area contributed by atoms with Crippen LogP contribution in [0.1, 0.15) is 121 Å². The van der Waals surface area contributed by atoms with Gasteiger partial charge in [-0.2, -0.15) is 0 Å². The van der Waals surface area contributed by atoms with E-state index in [1.54, 1.807) is 18.4 Å². The molecule has 2 heterocycles. The number of rotatable bonds is 11. The summed E-state index contributed by atoms with van der Waals surface area (Å²) in [4.78, 5) is 39.7. The predicted molar refractivity (Wildman–Crippen MR) is 201 cm³/mol. The average Bonchev–Trinajstić information content (AvgIpc) is 3.64. The van der Waals surface area contributed by atoms with Crippen LogP contribution in [-0.4, -0.2) is 48.3 Å². The number of carbonyl (C=O) groups is 2. The minimum Gasteiger partial charge on any atom is -0.496 e. The SMILES string of the molecule is CCCCNC(=O)OC1CCC(C(=O)N(CC23CCC(c4ccc(OC)c(C)c4)(CC2)CC3)c2cc(-c3cnc(C(C)(C)C)s3)ccn2)CC1. The molecule has 2 aromatic heterocycles. The van der Waals surface area contributed by atoms with Gasteiger partial charge in [0.15, 0.2) is 0 Å². The highest BCUT2D eigenvalue weighted by Gasteiger charge is 2.51. The number of nitrogens with zero attached hydrogens (tertiary/aromatic N) is 3. The van der Waals surface area contributed by atoms with E-state index in [4.69, 9.17) is 19.4 Å². The van der Waals surface area contributed by atoms with Gasteiger partial charge in [-0.25, -0.2) is 14.8 Å². The molecule has 0 radical (unpaired) electrons. The van der Waals surface area contributed by atoms with Gasteiger partial charge in [0.05, 0.1) is 17.0 Å². The Morgan fingerprint density at radius 1 is 1.00 bits per heavy atom. The Hall–Kier alpha value is -3.46. The topological polar surface area (TPSA) is 93.7 Å². The lowest BCUT2D eigenvalue weighted by Crippen LogP contribution is -2.52. The summed E-state index contributed by atoms with van der Waals surface area (Å²) in [5.74, 6) is 1.71. The second-order valence-electron chi connectivity index (χ2n) is 16.2. The minimum absolute atomic E-state index is 0.0274. The van der Waals surface area contributed by atoms with E-state index < -0.39 is 0 Å². The molecule has 4 aliphatic rings. The molecule has 270 valence electrons. The van der Waals surface area contributed by atoms with E-state index in [-0.39, 0.29) is 40.3 Å². The van der Waals surface area contributed by atoms with E-state index in [0.717, 1.165) is 78.4 Å². The maximum absolute atomic E-state index is 14.7. The van der Waals surface area contributed by atoms with Crippen molar-refractivity contribution in [2.24, 2.45) is 11.3 Å². The first-order valence-corrected chi connectivity index (χ1v) is 19.6. The van der Waals surface area contributed by atoms with E-state index >= 15 is 0 Å². The highest BCUT2D eigenvalue weighted by atomic mass is 32.1. The lowest BCUT2D eigenvalue weighted by Gasteiger charge is -2.55. The minimum atomic E-state index is -0.344. The van der Waals surface area contributed by atoms with Crippen LogP contribution in [0.4, 0.5) is 10.6 Å². The van der Waals surface area contributed by atoms with Gasteiger partial charge in [-0.3, -0.25) is 9.69 Å². The second-order valence-corrected chi connectivity index (χ2v) is 17.3. The zero-order valence-corrected chi connectivity index (χ0v) is 31.8. The van der Waals surface area contributed by atoms with Gasteiger partial charge in [-0.1, -0.05) is 46.2 Å². The summed E-state index contributed by atoms with van der Waals surface area (Å²) in [6.07, 6.45) is 14.8. The van der Waals surface area contributed by atoms with Crippen LogP contribution in [0.2, 0.25) is 0 Å². The molecule has 0 spiro atoms. The van der Waals surface area contributed by atoms with Crippen LogP contribution in [0.25, 0.3) is 10.4 Å². The lowest BCUT2D eigenvalue weighted by molar-refractivity contribution is -0.124. The van der Waals surface area contributed by atoms with Crippen molar-refractivity contribution in [2.75, 3.05) is 25.1 Å². The van der Waals surface area contributed by atoms with Crippen molar-refractivity contribution in [2.45, 2.75) is 129 Å². The van der Waals surface area contributed by atoms with Crippen LogP contribution in [0.3, 0.4) is 0 Å². The highest BCUT2D eigenvalue weighted by Crippen LogP contribution is 2.58. The fraction of sp³-hybridized carbons (Fsp3) is 0.610. The number of hydrogen-bond acceptors (Lipinski definition) is 7. The number of alkyl carbamates (subject to hydrolysis) is 1. The Kier molecular flexibility index (Phi) is 10.9. The first kappa shape index (κ1) is 36.3. The molecule has 4 fully saturated rings. The third kappa shape index (κ3) is 7.88. The number of benzene rings is 1. The van der Waals surface area contributed by atoms with Crippen molar-refractivity contribution in [1.29, 1.82) is 0 Å². The standard InChI is InChI=1S/C41H56N4O4S/c1-7-8-22-43-38(47)49-32-12-9-29(10-13-32)36(46)45(35-25-30(15-23-42-35)34-26-44-37(50-34)39(3,4)5)27-40-16-19-41(20-17-40,21-18-40)31-11-14-33(48-6)28(2)24-31/h11,14-15,23-26,29,32H,7-10,12-13,16-22,27H2,1-6H3,(H,43,47). The van der Waals surface area contributed by atoms with E-state index in [9.17, 15) is 9.59 Å². The van der Waals surface area contributed by atoms with Gasteiger partial charge in [-0.05, 0) is 123 Å². The second kappa shape index (κ2) is 15.0. The van der Waals surface area contributed by atoms with Crippen molar-refractivity contribution in [3.05, 3.63) is 58.9 Å². The molecule has 0 unspecified atom stereocenters. The first-order chi connectivity index (χ1) is 23.9. The molecule has 4 saturated carbocycles. The number of anilines is 1. The number of aryl methyl sites for hydroxylation is 1. The molecule has 7 rings (SSSR count). The number of ether oxygens (including phenoxy) is 2. The van der Waals surface area contributed by atoms with Crippen molar-refractivity contribution >= 4 is 29.2 Å². The molecular weight excluding hydrogens is 645 g/mol. The third-order valence-corrected chi connectivity index (χ3v) is 13.2. The van der Waals surface area contributed by atoms with Gasteiger partial charge < -0.3 is 14.8 Å². The van der Waals surface area contributed by atoms with Crippen LogP contribution in [-0.2, 0) is 20.4 Å². The highest BCUT2D eigenvalue weighted by molar-refractivity contribution is 7.15. The fourth-order valence-corrected chi connectivity index (χ4v) is 9.40. The number of nitrogens with one attached hydrogen (secondary N) is 1. The Balaban J connectivity index is 1.21. The Labute approximate surface area is 302 Å². The molecule has 50 heavy (non-hydrogen) atoms. The summed E-state index contributed by atoms with van der Waals surface area (Å²) in [6.45, 7) is 12.1. The van der Waals surface area contributed by atoms with E-state index in [1.165, 1.54) is 11.1 Å². The maximum Gasteiger partial charge on any atom is 0.407 e. The number of aromatic nitrogens is 2. The van der Waals surface area contributed by atoms with Crippen molar-refractivity contribution < 1.29 is 19.1 Å². The normalized spacial score (nSPS) is 24.8. The molecule has 4 aliphatic carbocycles. The predicted octanol–water partition coefficient (Wildman–Crippen LogP) is 9.53. The summed E-state index contributed by atoms with van der Waals surface area (Å²) >= 11 is 1.71. The summed E-state index contributed by atoms with van der Waals surface area (Å²) in [5.41, 5.74) is 3.91. The summed E-state index contributed by atoms with van der Waals surface area (Å²) in [7, 11) is 1.74. The van der Waals surface area contributed by atoms with E-state index in [0.29, 0.717) is 38.8 Å². The van der Waals surface area contributed by atoms with Gasteiger partial charge in [0, 0.05) is 36.8 Å². The number of amides is 2. The smallest absolute Gasteiger partial charge is 0.407 e. The van der Waals surface area contributed by atoms with Crippen LogP contribution in [0.15, 0.2) is 42.7 Å². The fourth-order valence-electron chi connectivity index (χ4n) is 8.43. The van der Waals surface area contributed by atoms with Gasteiger partial charge in [0.2, 0.25) is 5.91 Å². The number of fused-ring (bicyclic) bond motifs is 3. The van der Waals surface area contributed by atoms with E-state index in [1.807, 2.05) is 23.4 Å². The summed E-state index contributed by atoms with van der Waals surface area (Å²) < 4.78 is 11.3. The number of carbonyl (C=O) groups excluding carboxylic acids is 2. The third-order valence-electron chi connectivity index (χ3n) is 11.7. The number of methoxy groups -OCH3 is 1. The number of thiazole rings is 1.